The van der Waals surface area contributed by atoms with Crippen LogP contribution in [0.25, 0.3) is 0 Å². The second-order valence-corrected chi connectivity index (χ2v) is 5.90. The van der Waals surface area contributed by atoms with E-state index in [1.54, 1.807) is 24.3 Å². The average molecular weight is 337 g/mol. The molecule has 0 aliphatic rings. The van der Waals surface area contributed by atoms with Gasteiger partial charge < -0.3 is 20.3 Å². The van der Waals surface area contributed by atoms with E-state index >= 15 is 0 Å². The van der Waals surface area contributed by atoms with Crippen molar-refractivity contribution in [2.75, 3.05) is 0 Å². The summed E-state index contributed by atoms with van der Waals surface area (Å²) >= 11 is 0. The number of rotatable bonds is 9. The number of ether oxygens (including phenoxy) is 1. The molecule has 132 valence electrons. The summed E-state index contributed by atoms with van der Waals surface area (Å²) in [6, 6.07) is 7.50. The smallest absolute Gasteiger partial charge is 0.326 e. The molecule has 0 saturated heterocycles. The molecule has 7 heteroatoms. The molecule has 24 heavy (non-hydrogen) atoms. The van der Waals surface area contributed by atoms with E-state index in [2.05, 4.69) is 5.32 Å². The zero-order chi connectivity index (χ0) is 18.1. The minimum atomic E-state index is -1.44. The summed E-state index contributed by atoms with van der Waals surface area (Å²) in [6.45, 7) is 3.67. The van der Waals surface area contributed by atoms with Crippen LogP contribution in [0.1, 0.15) is 32.3 Å². The molecule has 2 atom stereocenters. The van der Waals surface area contributed by atoms with Crippen LogP contribution in [0.5, 0.6) is 0 Å². The maximum atomic E-state index is 11.8. The Morgan fingerprint density at radius 1 is 1.17 bits per heavy atom. The van der Waals surface area contributed by atoms with Gasteiger partial charge in [-0.05, 0) is 17.9 Å². The van der Waals surface area contributed by atoms with Gasteiger partial charge in [0.15, 0.2) is 0 Å². The summed E-state index contributed by atoms with van der Waals surface area (Å²) in [4.78, 5) is 34.7. The van der Waals surface area contributed by atoms with Crippen LogP contribution >= 0.6 is 0 Å². The van der Waals surface area contributed by atoms with Crippen molar-refractivity contribution in [2.24, 2.45) is 5.92 Å². The second-order valence-electron chi connectivity index (χ2n) is 5.90. The molecule has 7 nitrogen and oxygen atoms in total. The summed E-state index contributed by atoms with van der Waals surface area (Å²) in [6.07, 6.45) is -1.62. The highest BCUT2D eigenvalue weighted by atomic mass is 16.5. The van der Waals surface area contributed by atoms with Gasteiger partial charge in [-0.1, -0.05) is 44.2 Å². The molecule has 1 amide bonds. The van der Waals surface area contributed by atoms with Crippen LogP contribution in [0.4, 0.5) is 0 Å². The van der Waals surface area contributed by atoms with Gasteiger partial charge in [-0.15, -0.1) is 0 Å². The highest BCUT2D eigenvalue weighted by Gasteiger charge is 2.27. The molecule has 0 aromatic heterocycles. The summed E-state index contributed by atoms with van der Waals surface area (Å²) in [7, 11) is 0. The van der Waals surface area contributed by atoms with E-state index < -0.39 is 36.4 Å². The van der Waals surface area contributed by atoms with E-state index in [4.69, 9.17) is 9.84 Å². The highest BCUT2D eigenvalue weighted by molar-refractivity contribution is 5.88. The summed E-state index contributed by atoms with van der Waals surface area (Å²) < 4.78 is 5.00. The fourth-order valence-electron chi connectivity index (χ4n) is 1.99. The second kappa shape index (κ2) is 9.67. The number of nitrogens with one attached hydrogen (secondary N) is 1. The van der Waals surface area contributed by atoms with Gasteiger partial charge >= 0.3 is 11.9 Å². The summed E-state index contributed by atoms with van der Waals surface area (Å²) in [5, 5.41) is 21.0. The molecular formula is C17H23NO6. The van der Waals surface area contributed by atoms with Crippen molar-refractivity contribution in [1.29, 1.82) is 0 Å². The number of aliphatic hydroxyl groups excluding tert-OH is 1. The van der Waals surface area contributed by atoms with Gasteiger partial charge in [-0.25, -0.2) is 4.79 Å². The number of benzene rings is 1. The quantitative estimate of drug-likeness (QED) is 0.582. The largest absolute Gasteiger partial charge is 0.480 e. The number of carbonyl (C=O) groups excluding carboxylic acids is 2. The van der Waals surface area contributed by atoms with E-state index in [-0.39, 0.29) is 18.9 Å². The Bertz CT molecular complexity index is 557. The van der Waals surface area contributed by atoms with Gasteiger partial charge in [0.1, 0.15) is 18.8 Å². The molecule has 0 aliphatic carbocycles. The van der Waals surface area contributed by atoms with E-state index in [9.17, 15) is 19.5 Å². The third-order valence-corrected chi connectivity index (χ3v) is 3.23. The lowest BCUT2D eigenvalue weighted by atomic mass is 10.1. The topological polar surface area (TPSA) is 113 Å². The van der Waals surface area contributed by atoms with Crippen molar-refractivity contribution >= 4 is 17.8 Å². The number of carbonyl (C=O) groups is 3. The first-order valence-corrected chi connectivity index (χ1v) is 7.70. The minimum absolute atomic E-state index is 0.0237. The highest BCUT2D eigenvalue weighted by Crippen LogP contribution is 2.07. The van der Waals surface area contributed by atoms with E-state index in [0.29, 0.717) is 0 Å². The minimum Gasteiger partial charge on any atom is -0.480 e. The number of carboxylic acid groups (broad SMARTS) is 1. The Morgan fingerprint density at radius 3 is 2.33 bits per heavy atom. The van der Waals surface area contributed by atoms with E-state index in [1.165, 1.54) is 0 Å². The monoisotopic (exact) mass is 337 g/mol. The maximum Gasteiger partial charge on any atom is 0.326 e. The first-order chi connectivity index (χ1) is 11.3. The van der Waals surface area contributed by atoms with E-state index in [0.717, 1.165) is 5.56 Å². The standard InChI is InChI=1S/C17H23NO6/c1-11(2)8-14(19)16(21)18-13(17(22)23)9-15(20)24-10-12-6-4-3-5-7-12/h3-7,11,13-14,19H,8-10H2,1-2H3,(H,18,21)(H,22,23)/t13-,14-/m1/s1. The number of hydrogen-bond acceptors (Lipinski definition) is 5. The summed E-state index contributed by atoms with van der Waals surface area (Å²) in [5.41, 5.74) is 0.772. The number of carboxylic acids is 1. The van der Waals surface area contributed by atoms with Crippen LogP contribution in [0.2, 0.25) is 0 Å². The Hall–Kier alpha value is -2.41. The molecule has 0 saturated carbocycles. The predicted octanol–water partition coefficient (Wildman–Crippen LogP) is 1.10. The molecule has 1 rings (SSSR count). The fourth-order valence-corrected chi connectivity index (χ4v) is 1.99. The molecule has 0 unspecified atom stereocenters. The molecule has 1 aromatic carbocycles. The van der Waals surface area contributed by atoms with Gasteiger partial charge in [0.25, 0.3) is 0 Å². The van der Waals surface area contributed by atoms with Crippen LogP contribution in [0.15, 0.2) is 30.3 Å². The van der Waals surface area contributed by atoms with Crippen molar-refractivity contribution in [3.05, 3.63) is 35.9 Å². The normalized spacial score (nSPS) is 13.2. The molecule has 3 N–H and O–H groups in total. The number of amides is 1. The lowest BCUT2D eigenvalue weighted by molar-refractivity contribution is -0.151. The molecule has 1 aromatic rings. The van der Waals surface area contributed by atoms with Gasteiger partial charge in [0, 0.05) is 0 Å². The number of hydrogen-bond donors (Lipinski definition) is 3. The van der Waals surface area contributed by atoms with Crippen molar-refractivity contribution in [1.82, 2.24) is 5.32 Å². The Morgan fingerprint density at radius 2 is 1.79 bits per heavy atom. The average Bonchev–Trinajstić information content (AvgIpc) is 2.52. The van der Waals surface area contributed by atoms with Crippen LogP contribution in [-0.4, -0.2) is 40.2 Å². The third kappa shape index (κ3) is 7.23. The molecular weight excluding hydrogens is 314 g/mol. The Balaban J connectivity index is 2.51. The van der Waals surface area contributed by atoms with Crippen molar-refractivity contribution in [2.45, 2.75) is 45.4 Å². The predicted molar refractivity (Wildman–Crippen MR) is 85.9 cm³/mol. The molecule has 0 radical (unpaired) electrons. The van der Waals surface area contributed by atoms with Gasteiger partial charge in [0.2, 0.25) is 5.91 Å². The first kappa shape index (κ1) is 19.6. The molecule has 0 bridgehead atoms. The first-order valence-electron chi connectivity index (χ1n) is 7.70. The SMILES string of the molecule is CC(C)C[C@@H](O)C(=O)N[C@H](CC(=O)OCc1ccccc1)C(=O)O. The third-order valence-electron chi connectivity index (χ3n) is 3.23. The van der Waals surface area contributed by atoms with Crippen molar-refractivity contribution < 1.29 is 29.3 Å². The van der Waals surface area contributed by atoms with Crippen molar-refractivity contribution in [3.63, 3.8) is 0 Å². The Labute approximate surface area is 140 Å². The maximum absolute atomic E-state index is 11.8. The molecule has 0 aliphatic heterocycles. The van der Waals surface area contributed by atoms with Crippen molar-refractivity contribution in [3.8, 4) is 0 Å². The molecule has 0 fully saturated rings. The lowest BCUT2D eigenvalue weighted by Gasteiger charge is -2.17. The van der Waals surface area contributed by atoms with Crippen LogP contribution in [-0.2, 0) is 25.7 Å². The van der Waals surface area contributed by atoms with Crippen LogP contribution in [0, 0.1) is 5.92 Å². The van der Waals surface area contributed by atoms with Gasteiger partial charge in [-0.3, -0.25) is 9.59 Å². The molecule has 0 spiro atoms. The van der Waals surface area contributed by atoms with Crippen LogP contribution in [0.3, 0.4) is 0 Å². The Kier molecular flexibility index (Phi) is 7.91. The number of aliphatic hydroxyl groups is 1. The van der Waals surface area contributed by atoms with Gasteiger partial charge in [-0.2, -0.15) is 0 Å². The van der Waals surface area contributed by atoms with Gasteiger partial charge in [0.05, 0.1) is 6.42 Å². The van der Waals surface area contributed by atoms with Crippen LogP contribution < -0.4 is 5.32 Å². The number of aliphatic carboxylic acids is 1. The number of esters is 1. The lowest BCUT2D eigenvalue weighted by Crippen LogP contribution is -2.46. The summed E-state index contributed by atoms with van der Waals surface area (Å²) in [5.74, 6) is -2.85. The molecule has 0 heterocycles. The zero-order valence-electron chi connectivity index (χ0n) is 13.8. The fraction of sp³-hybridized carbons (Fsp3) is 0.471. The zero-order valence-corrected chi connectivity index (χ0v) is 13.8. The van der Waals surface area contributed by atoms with E-state index in [1.807, 2.05) is 19.9 Å².